The minimum atomic E-state index is -0.885. The number of rotatable bonds is 4. The van der Waals surface area contributed by atoms with Crippen LogP contribution in [0.25, 0.3) is 0 Å². The standard InChI is InChI=1S/C7H13NO2/c1-4-6(7(9)10)8-5(2)3/h4-6,8H,1H2,2-3H3,(H,9,10). The van der Waals surface area contributed by atoms with E-state index in [0.717, 1.165) is 0 Å². The molecule has 1 atom stereocenters. The third-order valence-corrected chi connectivity index (χ3v) is 1.01. The fraction of sp³-hybridized carbons (Fsp3) is 0.571. The lowest BCUT2D eigenvalue weighted by atomic mass is 10.2. The van der Waals surface area contributed by atoms with E-state index in [-0.39, 0.29) is 6.04 Å². The molecular weight excluding hydrogens is 130 g/mol. The highest BCUT2D eigenvalue weighted by molar-refractivity contribution is 5.75. The predicted octanol–water partition coefficient (Wildman–Crippen LogP) is 0.624. The molecule has 0 amide bonds. The van der Waals surface area contributed by atoms with Gasteiger partial charge in [-0.1, -0.05) is 6.08 Å². The van der Waals surface area contributed by atoms with Gasteiger partial charge in [0.25, 0.3) is 0 Å². The van der Waals surface area contributed by atoms with Gasteiger partial charge in [-0.2, -0.15) is 0 Å². The molecule has 0 aromatic carbocycles. The zero-order chi connectivity index (χ0) is 8.15. The maximum Gasteiger partial charge on any atom is 0.324 e. The van der Waals surface area contributed by atoms with Crippen molar-refractivity contribution in [3.8, 4) is 0 Å². The predicted molar refractivity (Wildman–Crippen MR) is 39.9 cm³/mol. The van der Waals surface area contributed by atoms with Crippen LogP contribution in [0.5, 0.6) is 0 Å². The molecule has 0 saturated carbocycles. The van der Waals surface area contributed by atoms with Crippen molar-refractivity contribution < 1.29 is 9.90 Å². The van der Waals surface area contributed by atoms with E-state index in [1.165, 1.54) is 6.08 Å². The Morgan fingerprint density at radius 2 is 2.20 bits per heavy atom. The number of carboxylic acids is 1. The van der Waals surface area contributed by atoms with Gasteiger partial charge in [-0.05, 0) is 13.8 Å². The summed E-state index contributed by atoms with van der Waals surface area (Å²) in [5, 5.41) is 11.3. The van der Waals surface area contributed by atoms with E-state index in [9.17, 15) is 4.79 Å². The van der Waals surface area contributed by atoms with Crippen LogP contribution in [0.15, 0.2) is 12.7 Å². The molecule has 2 N–H and O–H groups in total. The minimum absolute atomic E-state index is 0.166. The molecule has 0 heterocycles. The van der Waals surface area contributed by atoms with E-state index in [0.29, 0.717) is 0 Å². The van der Waals surface area contributed by atoms with Gasteiger partial charge < -0.3 is 5.11 Å². The van der Waals surface area contributed by atoms with E-state index in [1.54, 1.807) is 0 Å². The van der Waals surface area contributed by atoms with Crippen LogP contribution in [-0.2, 0) is 4.79 Å². The van der Waals surface area contributed by atoms with Crippen molar-refractivity contribution in [3.05, 3.63) is 12.7 Å². The number of nitrogens with one attached hydrogen (secondary N) is 1. The van der Waals surface area contributed by atoms with E-state index < -0.39 is 12.0 Å². The van der Waals surface area contributed by atoms with Crippen LogP contribution in [0.1, 0.15) is 13.8 Å². The molecule has 0 saturated heterocycles. The van der Waals surface area contributed by atoms with Crippen molar-refractivity contribution in [2.45, 2.75) is 25.9 Å². The SMILES string of the molecule is C=CC(NC(C)C)C(=O)O. The Hall–Kier alpha value is -0.830. The summed E-state index contributed by atoms with van der Waals surface area (Å²) in [5.41, 5.74) is 0. The average Bonchev–Trinajstić information content (AvgIpc) is 1.81. The zero-order valence-electron chi connectivity index (χ0n) is 6.29. The highest BCUT2D eigenvalue weighted by Gasteiger charge is 2.12. The largest absolute Gasteiger partial charge is 0.480 e. The summed E-state index contributed by atoms with van der Waals surface area (Å²) >= 11 is 0. The molecule has 0 rings (SSSR count). The highest BCUT2D eigenvalue weighted by Crippen LogP contribution is 1.87. The Labute approximate surface area is 60.7 Å². The van der Waals surface area contributed by atoms with Crippen LogP contribution in [0.3, 0.4) is 0 Å². The Morgan fingerprint density at radius 3 is 2.30 bits per heavy atom. The van der Waals surface area contributed by atoms with Crippen molar-refractivity contribution in [2.24, 2.45) is 0 Å². The molecule has 10 heavy (non-hydrogen) atoms. The molecule has 1 unspecified atom stereocenters. The Morgan fingerprint density at radius 1 is 1.70 bits per heavy atom. The first kappa shape index (κ1) is 9.17. The van der Waals surface area contributed by atoms with Gasteiger partial charge in [0.15, 0.2) is 0 Å². The van der Waals surface area contributed by atoms with E-state index >= 15 is 0 Å². The maximum atomic E-state index is 10.3. The fourth-order valence-corrected chi connectivity index (χ4v) is 0.599. The smallest absolute Gasteiger partial charge is 0.324 e. The molecule has 0 fully saturated rings. The van der Waals surface area contributed by atoms with Gasteiger partial charge in [-0.3, -0.25) is 10.1 Å². The number of aliphatic carboxylic acids is 1. The summed E-state index contributed by atoms with van der Waals surface area (Å²) in [7, 11) is 0. The van der Waals surface area contributed by atoms with Crippen molar-refractivity contribution in [3.63, 3.8) is 0 Å². The Kier molecular flexibility index (Phi) is 3.72. The van der Waals surface area contributed by atoms with Crippen molar-refractivity contribution >= 4 is 5.97 Å². The summed E-state index contributed by atoms with van der Waals surface area (Å²) in [6.45, 7) is 7.17. The quantitative estimate of drug-likeness (QED) is 0.567. The van der Waals surface area contributed by atoms with Gasteiger partial charge >= 0.3 is 5.97 Å². The van der Waals surface area contributed by atoms with Crippen LogP contribution in [0.2, 0.25) is 0 Å². The summed E-state index contributed by atoms with van der Waals surface area (Å²) in [6.07, 6.45) is 1.38. The second-order valence-corrected chi connectivity index (χ2v) is 2.37. The minimum Gasteiger partial charge on any atom is -0.480 e. The Balaban J connectivity index is 3.83. The summed E-state index contributed by atoms with van der Waals surface area (Å²) in [6, 6.07) is -0.459. The second kappa shape index (κ2) is 4.06. The molecule has 0 radical (unpaired) electrons. The van der Waals surface area contributed by atoms with Crippen molar-refractivity contribution in [1.29, 1.82) is 0 Å². The van der Waals surface area contributed by atoms with E-state index in [4.69, 9.17) is 5.11 Å². The molecule has 0 aliphatic carbocycles. The lowest BCUT2D eigenvalue weighted by Gasteiger charge is -2.12. The second-order valence-electron chi connectivity index (χ2n) is 2.37. The summed E-state index contributed by atoms with van der Waals surface area (Å²) < 4.78 is 0. The van der Waals surface area contributed by atoms with Crippen LogP contribution in [0.4, 0.5) is 0 Å². The van der Waals surface area contributed by atoms with Gasteiger partial charge in [0.1, 0.15) is 6.04 Å². The third-order valence-electron chi connectivity index (χ3n) is 1.01. The first-order valence-electron chi connectivity index (χ1n) is 3.19. The molecule has 3 nitrogen and oxygen atoms in total. The van der Waals surface area contributed by atoms with Gasteiger partial charge in [-0.15, -0.1) is 6.58 Å². The van der Waals surface area contributed by atoms with Gasteiger partial charge in [0, 0.05) is 6.04 Å². The van der Waals surface area contributed by atoms with E-state index in [2.05, 4.69) is 11.9 Å². The molecule has 0 aromatic rings. The van der Waals surface area contributed by atoms with Gasteiger partial charge in [0.2, 0.25) is 0 Å². The maximum absolute atomic E-state index is 10.3. The summed E-state index contributed by atoms with van der Waals surface area (Å²) in [4.78, 5) is 10.3. The third kappa shape index (κ3) is 3.25. The van der Waals surface area contributed by atoms with Gasteiger partial charge in [-0.25, -0.2) is 0 Å². The van der Waals surface area contributed by atoms with Crippen LogP contribution < -0.4 is 5.32 Å². The highest BCUT2D eigenvalue weighted by atomic mass is 16.4. The average molecular weight is 143 g/mol. The number of carboxylic acid groups (broad SMARTS) is 1. The monoisotopic (exact) mass is 143 g/mol. The lowest BCUT2D eigenvalue weighted by molar-refractivity contribution is -0.138. The first-order chi connectivity index (χ1) is 4.57. The van der Waals surface area contributed by atoms with Crippen LogP contribution in [0, 0.1) is 0 Å². The van der Waals surface area contributed by atoms with Crippen LogP contribution >= 0.6 is 0 Å². The van der Waals surface area contributed by atoms with Crippen LogP contribution in [-0.4, -0.2) is 23.2 Å². The summed E-state index contributed by atoms with van der Waals surface area (Å²) in [5.74, 6) is -0.885. The number of hydrogen-bond donors (Lipinski definition) is 2. The first-order valence-corrected chi connectivity index (χ1v) is 3.19. The molecule has 3 heteroatoms. The Bertz CT molecular complexity index is 132. The molecule has 0 aromatic heterocycles. The molecule has 58 valence electrons. The number of carbonyl (C=O) groups is 1. The molecular formula is C7H13NO2. The van der Waals surface area contributed by atoms with E-state index in [1.807, 2.05) is 13.8 Å². The number of hydrogen-bond acceptors (Lipinski definition) is 2. The normalized spacial score (nSPS) is 13.1. The fourth-order valence-electron chi connectivity index (χ4n) is 0.599. The molecule has 0 bridgehead atoms. The van der Waals surface area contributed by atoms with Gasteiger partial charge in [0.05, 0.1) is 0 Å². The van der Waals surface area contributed by atoms with Crippen molar-refractivity contribution in [1.82, 2.24) is 5.32 Å². The lowest BCUT2D eigenvalue weighted by Crippen LogP contribution is -2.39. The molecule has 0 aliphatic rings. The molecule has 0 aliphatic heterocycles. The zero-order valence-corrected chi connectivity index (χ0v) is 6.29. The topological polar surface area (TPSA) is 49.3 Å². The van der Waals surface area contributed by atoms with Crippen molar-refractivity contribution in [2.75, 3.05) is 0 Å². The molecule has 0 spiro atoms.